The maximum atomic E-state index is 12.2. The van der Waals surface area contributed by atoms with Crippen LogP contribution in [0.2, 0.25) is 0 Å². The molecule has 0 aliphatic rings. The van der Waals surface area contributed by atoms with Gasteiger partial charge in [0.1, 0.15) is 0 Å². The highest BCUT2D eigenvalue weighted by molar-refractivity contribution is 7.81. The standard InChI is InChI=1S/C6H6F3N3S/c7-6(8,9)3-1-2-11-5(12-13)4(3)10/h1-2,13H,10H2,(H,11,12). The van der Waals surface area contributed by atoms with Crippen LogP contribution in [0.5, 0.6) is 0 Å². The van der Waals surface area contributed by atoms with E-state index in [1.165, 1.54) is 0 Å². The second-order valence-corrected chi connectivity index (χ2v) is 2.45. The van der Waals surface area contributed by atoms with Crippen LogP contribution in [0, 0.1) is 0 Å². The summed E-state index contributed by atoms with van der Waals surface area (Å²) < 4.78 is 38.8. The van der Waals surface area contributed by atoms with E-state index in [1.54, 1.807) is 0 Å². The number of nitrogen functional groups attached to an aromatic ring is 1. The predicted molar refractivity (Wildman–Crippen MR) is 46.3 cm³/mol. The van der Waals surface area contributed by atoms with Crippen LogP contribution in [0.25, 0.3) is 0 Å². The topological polar surface area (TPSA) is 50.9 Å². The van der Waals surface area contributed by atoms with Crippen LogP contribution in [0.3, 0.4) is 0 Å². The average molecular weight is 209 g/mol. The van der Waals surface area contributed by atoms with Gasteiger partial charge >= 0.3 is 6.18 Å². The fourth-order valence-corrected chi connectivity index (χ4v) is 0.988. The molecule has 0 aromatic carbocycles. The van der Waals surface area contributed by atoms with Crippen molar-refractivity contribution < 1.29 is 13.2 Å². The molecular weight excluding hydrogens is 203 g/mol. The van der Waals surface area contributed by atoms with E-state index in [2.05, 4.69) is 22.5 Å². The number of rotatable bonds is 1. The number of pyridine rings is 1. The van der Waals surface area contributed by atoms with Crippen molar-refractivity contribution in [2.75, 3.05) is 10.5 Å². The van der Waals surface area contributed by atoms with E-state index >= 15 is 0 Å². The van der Waals surface area contributed by atoms with Crippen LogP contribution in [0.15, 0.2) is 12.3 Å². The maximum Gasteiger partial charge on any atom is 0.418 e. The zero-order valence-electron chi connectivity index (χ0n) is 6.26. The van der Waals surface area contributed by atoms with Crippen molar-refractivity contribution in [2.24, 2.45) is 0 Å². The van der Waals surface area contributed by atoms with Gasteiger partial charge in [-0.25, -0.2) is 4.98 Å². The van der Waals surface area contributed by atoms with Gasteiger partial charge < -0.3 is 10.5 Å². The predicted octanol–water partition coefficient (Wildman–Crippen LogP) is 1.94. The number of aromatic nitrogens is 1. The van der Waals surface area contributed by atoms with Gasteiger partial charge in [0.25, 0.3) is 0 Å². The van der Waals surface area contributed by atoms with Gasteiger partial charge in [-0.3, -0.25) is 0 Å². The number of nitrogens with zero attached hydrogens (tertiary/aromatic N) is 1. The van der Waals surface area contributed by atoms with Crippen molar-refractivity contribution in [3.8, 4) is 0 Å². The monoisotopic (exact) mass is 209 g/mol. The molecule has 0 atom stereocenters. The quantitative estimate of drug-likeness (QED) is 0.619. The van der Waals surface area contributed by atoms with Gasteiger partial charge in [-0.1, -0.05) is 12.8 Å². The summed E-state index contributed by atoms with van der Waals surface area (Å²) >= 11 is 3.56. The number of nitrogens with two attached hydrogens (primary N) is 1. The fourth-order valence-electron chi connectivity index (χ4n) is 0.810. The molecule has 0 unspecified atom stereocenters. The lowest BCUT2D eigenvalue weighted by Crippen LogP contribution is -2.10. The first-order chi connectivity index (χ1) is 5.96. The van der Waals surface area contributed by atoms with Crippen molar-refractivity contribution in [2.45, 2.75) is 6.18 Å². The molecule has 0 aliphatic carbocycles. The smallest absolute Gasteiger partial charge is 0.395 e. The Balaban J connectivity index is 3.24. The zero-order chi connectivity index (χ0) is 10.1. The fraction of sp³-hybridized carbons (Fsp3) is 0.167. The Labute approximate surface area is 77.7 Å². The minimum atomic E-state index is -4.47. The molecule has 0 saturated carbocycles. The van der Waals surface area contributed by atoms with Crippen LogP contribution >= 0.6 is 12.8 Å². The number of anilines is 2. The molecule has 1 aromatic rings. The van der Waals surface area contributed by atoms with Gasteiger partial charge in [0, 0.05) is 6.20 Å². The summed E-state index contributed by atoms with van der Waals surface area (Å²) in [6, 6.07) is 0.809. The third-order valence-electron chi connectivity index (χ3n) is 1.40. The van der Waals surface area contributed by atoms with Gasteiger partial charge in [0.2, 0.25) is 0 Å². The summed E-state index contributed by atoms with van der Waals surface area (Å²) in [6.45, 7) is 0. The molecular formula is C6H6F3N3S. The van der Waals surface area contributed by atoms with Gasteiger partial charge in [0.15, 0.2) is 5.82 Å². The zero-order valence-corrected chi connectivity index (χ0v) is 7.15. The van der Waals surface area contributed by atoms with Crippen LogP contribution in [-0.4, -0.2) is 4.98 Å². The van der Waals surface area contributed by atoms with E-state index in [4.69, 9.17) is 5.73 Å². The summed E-state index contributed by atoms with van der Waals surface area (Å²) in [6.07, 6.45) is -3.45. The van der Waals surface area contributed by atoms with E-state index in [0.29, 0.717) is 0 Å². The van der Waals surface area contributed by atoms with E-state index in [0.717, 1.165) is 12.3 Å². The SMILES string of the molecule is Nc1c(C(F)(F)F)ccnc1NS. The molecule has 3 nitrogen and oxygen atoms in total. The van der Waals surface area contributed by atoms with Crippen molar-refractivity contribution >= 4 is 24.3 Å². The third kappa shape index (κ3) is 1.97. The normalized spacial score (nSPS) is 11.4. The Morgan fingerprint density at radius 1 is 1.46 bits per heavy atom. The molecule has 7 heteroatoms. The number of halogens is 3. The highest BCUT2D eigenvalue weighted by Crippen LogP contribution is 2.35. The first-order valence-corrected chi connectivity index (χ1v) is 3.63. The van der Waals surface area contributed by atoms with Crippen molar-refractivity contribution in [1.82, 2.24) is 4.98 Å². The minimum Gasteiger partial charge on any atom is -0.395 e. The Bertz CT molecular complexity index is 312. The molecule has 13 heavy (non-hydrogen) atoms. The molecule has 0 aliphatic heterocycles. The lowest BCUT2D eigenvalue weighted by molar-refractivity contribution is -0.136. The molecule has 1 aromatic heterocycles. The van der Waals surface area contributed by atoms with Crippen molar-refractivity contribution in [3.63, 3.8) is 0 Å². The number of nitrogens with one attached hydrogen (secondary N) is 1. The maximum absolute atomic E-state index is 12.2. The van der Waals surface area contributed by atoms with Crippen LogP contribution in [0.1, 0.15) is 5.56 Å². The van der Waals surface area contributed by atoms with Crippen LogP contribution in [0.4, 0.5) is 24.7 Å². The molecule has 0 bridgehead atoms. The Morgan fingerprint density at radius 3 is 2.54 bits per heavy atom. The third-order valence-corrected chi connectivity index (χ3v) is 1.61. The minimum absolute atomic E-state index is 0.0989. The summed E-state index contributed by atoms with van der Waals surface area (Å²) in [7, 11) is 0. The summed E-state index contributed by atoms with van der Waals surface area (Å²) in [5.41, 5.74) is 3.81. The Kier molecular flexibility index (Phi) is 2.55. The van der Waals surface area contributed by atoms with Gasteiger partial charge in [-0.2, -0.15) is 13.2 Å². The molecule has 0 spiro atoms. The molecule has 0 radical (unpaired) electrons. The lowest BCUT2D eigenvalue weighted by Gasteiger charge is -2.11. The molecule has 72 valence electrons. The molecule has 0 fully saturated rings. The van der Waals surface area contributed by atoms with Crippen molar-refractivity contribution in [3.05, 3.63) is 17.8 Å². The second kappa shape index (κ2) is 3.33. The molecule has 1 heterocycles. The van der Waals surface area contributed by atoms with E-state index in [9.17, 15) is 13.2 Å². The number of thiol groups is 1. The van der Waals surface area contributed by atoms with E-state index in [1.807, 2.05) is 0 Å². The second-order valence-electron chi connectivity index (χ2n) is 2.23. The summed E-state index contributed by atoms with van der Waals surface area (Å²) in [5.74, 6) is -0.0989. The Hall–Kier alpha value is -1.11. The summed E-state index contributed by atoms with van der Waals surface area (Å²) in [4.78, 5) is 3.56. The van der Waals surface area contributed by atoms with Gasteiger partial charge in [0.05, 0.1) is 11.3 Å². The summed E-state index contributed by atoms with van der Waals surface area (Å²) in [5, 5.41) is 0. The largest absolute Gasteiger partial charge is 0.418 e. The number of alkyl halides is 3. The molecule has 3 N–H and O–H groups in total. The average Bonchev–Trinajstić information content (AvgIpc) is 2.02. The first-order valence-electron chi connectivity index (χ1n) is 3.18. The van der Waals surface area contributed by atoms with E-state index in [-0.39, 0.29) is 5.82 Å². The molecule has 0 amide bonds. The van der Waals surface area contributed by atoms with E-state index < -0.39 is 17.4 Å². The molecule has 1 rings (SSSR count). The first kappa shape index (κ1) is 9.97. The number of hydrogen-bond acceptors (Lipinski definition) is 4. The number of hydrogen-bond donors (Lipinski definition) is 3. The highest BCUT2D eigenvalue weighted by atomic mass is 32.1. The highest BCUT2D eigenvalue weighted by Gasteiger charge is 2.33. The molecule has 0 saturated heterocycles. The van der Waals surface area contributed by atoms with Crippen LogP contribution in [-0.2, 0) is 6.18 Å². The lowest BCUT2D eigenvalue weighted by atomic mass is 10.2. The van der Waals surface area contributed by atoms with Crippen LogP contribution < -0.4 is 10.5 Å². The van der Waals surface area contributed by atoms with Gasteiger partial charge in [-0.15, -0.1) is 0 Å². The van der Waals surface area contributed by atoms with Gasteiger partial charge in [-0.05, 0) is 6.07 Å². The van der Waals surface area contributed by atoms with Crippen molar-refractivity contribution in [1.29, 1.82) is 0 Å². The Morgan fingerprint density at radius 2 is 2.08 bits per heavy atom.